The maximum atomic E-state index is 2.83. The molecule has 2 nitrogen and oxygen atoms in total. The maximum Gasteiger partial charge on any atom is 0.252 e. The van der Waals surface area contributed by atoms with Gasteiger partial charge in [-0.2, -0.15) is 0 Å². The van der Waals surface area contributed by atoms with Crippen molar-refractivity contribution in [3.63, 3.8) is 0 Å². The molecule has 1 aromatic heterocycles. The summed E-state index contributed by atoms with van der Waals surface area (Å²) < 4.78 is 2.65. The molecule has 2 atom stereocenters. The van der Waals surface area contributed by atoms with Crippen molar-refractivity contribution in [3.8, 4) is 28.1 Å². The predicted molar refractivity (Wildman–Crippen MR) is 200 cm³/mol. The first-order valence-corrected chi connectivity index (χ1v) is 17.6. The molecule has 230 valence electrons. The van der Waals surface area contributed by atoms with Crippen LogP contribution in [0.25, 0.3) is 39.0 Å². The Morgan fingerprint density at radius 2 is 1.36 bits per heavy atom. The topological polar surface area (TPSA) is 8.17 Å². The highest BCUT2D eigenvalue weighted by Crippen LogP contribution is 2.61. The summed E-state index contributed by atoms with van der Waals surface area (Å²) >= 11 is 0. The van der Waals surface area contributed by atoms with E-state index in [-0.39, 0.29) is 23.1 Å². The third kappa shape index (κ3) is 3.33. The monoisotopic (exact) mass is 608 g/mol. The third-order valence-electron chi connectivity index (χ3n) is 12.7. The molecule has 0 saturated heterocycles. The highest BCUT2D eigenvalue weighted by Gasteiger charge is 2.61. The zero-order valence-corrected chi connectivity index (χ0v) is 28.2. The molecule has 0 N–H and O–H groups in total. The van der Waals surface area contributed by atoms with Gasteiger partial charge in [-0.25, -0.2) is 0 Å². The number of fused-ring (bicyclic) bond motifs is 7. The van der Waals surface area contributed by atoms with Gasteiger partial charge in [0.05, 0.1) is 11.2 Å². The highest BCUT2D eigenvalue weighted by atomic mass is 15.3. The molecule has 0 amide bonds. The molecule has 4 aliphatic rings. The smallest absolute Gasteiger partial charge is 0.252 e. The number of para-hydroxylation sites is 1. The van der Waals surface area contributed by atoms with Crippen LogP contribution in [-0.4, -0.2) is 16.8 Å². The third-order valence-corrected chi connectivity index (χ3v) is 12.7. The van der Waals surface area contributed by atoms with E-state index < -0.39 is 0 Å². The molecule has 0 bridgehead atoms. The Hall–Kier alpha value is -4.50. The first-order valence-electron chi connectivity index (χ1n) is 17.6. The summed E-state index contributed by atoms with van der Waals surface area (Å²) in [7, 11) is 0. The van der Waals surface area contributed by atoms with Gasteiger partial charge in [0.1, 0.15) is 0 Å². The minimum atomic E-state index is 0.00267. The summed E-state index contributed by atoms with van der Waals surface area (Å²) in [6.45, 7) is 12.4. The molecule has 3 aliphatic heterocycles. The molecule has 3 heteroatoms. The van der Waals surface area contributed by atoms with E-state index in [0.29, 0.717) is 0 Å². The number of anilines is 2. The van der Waals surface area contributed by atoms with Gasteiger partial charge in [0.2, 0.25) is 0 Å². The van der Waals surface area contributed by atoms with Gasteiger partial charge in [0, 0.05) is 38.9 Å². The van der Waals surface area contributed by atoms with Crippen LogP contribution in [0.2, 0.25) is 0 Å². The summed E-state index contributed by atoms with van der Waals surface area (Å²) in [5.41, 5.74) is 18.3. The van der Waals surface area contributed by atoms with Gasteiger partial charge in [0.25, 0.3) is 6.71 Å². The summed E-state index contributed by atoms with van der Waals surface area (Å²) in [5.74, 6) is 0. The normalized spacial score (nSPS) is 21.9. The second-order valence-electron chi connectivity index (χ2n) is 16.0. The van der Waals surface area contributed by atoms with Gasteiger partial charge < -0.3 is 9.47 Å². The van der Waals surface area contributed by atoms with Crippen LogP contribution in [0.15, 0.2) is 109 Å². The lowest BCUT2D eigenvalue weighted by Crippen LogP contribution is -2.64. The fourth-order valence-electron chi connectivity index (χ4n) is 10.2. The summed E-state index contributed by atoms with van der Waals surface area (Å²) in [6, 6.07) is 41.8. The predicted octanol–water partition coefficient (Wildman–Crippen LogP) is 9.15. The van der Waals surface area contributed by atoms with Crippen molar-refractivity contribution in [3.05, 3.63) is 120 Å². The Bertz CT molecular complexity index is 2270. The number of nitrogens with zero attached hydrogens (tertiary/aromatic N) is 2. The quantitative estimate of drug-likeness (QED) is 0.178. The fraction of sp³-hybridized carbons (Fsp3) is 0.273. The zero-order valence-electron chi connectivity index (χ0n) is 28.2. The van der Waals surface area contributed by atoms with Crippen LogP contribution in [0.4, 0.5) is 11.4 Å². The highest BCUT2D eigenvalue weighted by molar-refractivity contribution is 7.00. The zero-order chi connectivity index (χ0) is 31.9. The van der Waals surface area contributed by atoms with Crippen molar-refractivity contribution in [2.24, 2.45) is 0 Å². The van der Waals surface area contributed by atoms with E-state index in [1.165, 1.54) is 98.0 Å². The SMILES string of the molecule is CC(C)(C)c1cc2c3c(c1)c(-c1ccccc1)c(-c1ccccc1)n3-c1cccc3c1B2c1cccc2c1N3C1(C)CCCCC21C. The van der Waals surface area contributed by atoms with Gasteiger partial charge in [-0.05, 0) is 82.0 Å². The van der Waals surface area contributed by atoms with Crippen molar-refractivity contribution in [2.45, 2.75) is 76.7 Å². The van der Waals surface area contributed by atoms with E-state index in [0.717, 1.165) is 0 Å². The van der Waals surface area contributed by atoms with E-state index in [1.54, 1.807) is 5.56 Å². The number of hydrogen-bond donors (Lipinski definition) is 0. The lowest BCUT2D eigenvalue weighted by atomic mass is 9.33. The van der Waals surface area contributed by atoms with Crippen LogP contribution < -0.4 is 21.3 Å². The van der Waals surface area contributed by atoms with Crippen LogP contribution in [0.1, 0.15) is 71.4 Å². The van der Waals surface area contributed by atoms with Crippen LogP contribution >= 0.6 is 0 Å². The van der Waals surface area contributed by atoms with E-state index in [4.69, 9.17) is 0 Å². The van der Waals surface area contributed by atoms with Crippen molar-refractivity contribution < 1.29 is 0 Å². The lowest BCUT2D eigenvalue weighted by Gasteiger charge is -2.52. The summed E-state index contributed by atoms with van der Waals surface area (Å²) in [4.78, 5) is 2.83. The van der Waals surface area contributed by atoms with E-state index in [9.17, 15) is 0 Å². The number of rotatable bonds is 2. The maximum absolute atomic E-state index is 2.83. The Kier molecular flexibility index (Phi) is 5.34. The second kappa shape index (κ2) is 9.10. The Balaban J connectivity index is 1.41. The van der Waals surface area contributed by atoms with Gasteiger partial charge in [-0.3, -0.25) is 0 Å². The molecule has 0 spiro atoms. The van der Waals surface area contributed by atoms with Gasteiger partial charge >= 0.3 is 0 Å². The van der Waals surface area contributed by atoms with E-state index in [2.05, 4.69) is 153 Å². The number of hydrogen-bond acceptors (Lipinski definition) is 1. The van der Waals surface area contributed by atoms with Crippen molar-refractivity contribution in [1.29, 1.82) is 0 Å². The van der Waals surface area contributed by atoms with Crippen molar-refractivity contribution in [1.82, 2.24) is 4.57 Å². The van der Waals surface area contributed by atoms with Crippen LogP contribution in [0, 0.1) is 0 Å². The van der Waals surface area contributed by atoms with Crippen LogP contribution in [-0.2, 0) is 10.8 Å². The van der Waals surface area contributed by atoms with Crippen LogP contribution in [0.3, 0.4) is 0 Å². The first-order chi connectivity index (χ1) is 22.7. The molecule has 2 unspecified atom stereocenters. The van der Waals surface area contributed by atoms with E-state index >= 15 is 0 Å². The lowest BCUT2D eigenvalue weighted by molar-refractivity contribution is 0.195. The molecule has 1 fully saturated rings. The van der Waals surface area contributed by atoms with Crippen molar-refractivity contribution >= 4 is 45.4 Å². The molecule has 10 rings (SSSR count). The van der Waals surface area contributed by atoms with Gasteiger partial charge in [-0.1, -0.05) is 132 Å². The molecule has 6 aromatic rings. The number of aromatic nitrogens is 1. The molecule has 1 aliphatic carbocycles. The molecule has 47 heavy (non-hydrogen) atoms. The molecule has 4 heterocycles. The molecule has 1 saturated carbocycles. The second-order valence-corrected chi connectivity index (χ2v) is 16.0. The Morgan fingerprint density at radius 1 is 0.681 bits per heavy atom. The molecular formula is C44H41BN2. The molecule has 0 radical (unpaired) electrons. The Labute approximate surface area is 279 Å². The summed E-state index contributed by atoms with van der Waals surface area (Å²) in [5, 5.41) is 1.36. The number of benzene rings is 5. The van der Waals surface area contributed by atoms with E-state index in [1.807, 2.05) is 0 Å². The van der Waals surface area contributed by atoms with Crippen LogP contribution in [0.5, 0.6) is 0 Å². The Morgan fingerprint density at radius 3 is 2.11 bits per heavy atom. The average Bonchev–Trinajstić information content (AvgIpc) is 3.53. The van der Waals surface area contributed by atoms with Crippen molar-refractivity contribution in [2.75, 3.05) is 4.90 Å². The largest absolute Gasteiger partial charge is 0.335 e. The molecular weight excluding hydrogens is 567 g/mol. The standard InChI is InChI=1S/C44H41BN2/c1-42(2,3)30-26-31-37(28-16-8-6-9-17-28)39(29-18-10-7-11-19-29)46-35-22-15-23-36-38(35)45(34(27-30)40(31)46)33-21-14-20-32-41(33)47(36)44(5)25-13-12-24-43(32,44)4/h6-11,14-23,26-27H,12-13,24-25H2,1-5H3. The minimum Gasteiger partial charge on any atom is -0.335 e. The molecule has 5 aromatic carbocycles. The van der Waals surface area contributed by atoms with Gasteiger partial charge in [0.15, 0.2) is 0 Å². The fourth-order valence-corrected chi connectivity index (χ4v) is 10.2. The van der Waals surface area contributed by atoms with Gasteiger partial charge in [-0.15, -0.1) is 0 Å². The average molecular weight is 609 g/mol. The summed E-state index contributed by atoms with van der Waals surface area (Å²) in [6.07, 6.45) is 5.07. The minimum absolute atomic E-state index is 0.00267. The first kappa shape index (κ1) is 27.6.